The molecule has 8 heteroatoms. The lowest BCUT2D eigenvalue weighted by Crippen LogP contribution is -2.00. The van der Waals surface area contributed by atoms with E-state index in [0.717, 1.165) is 10.0 Å². The van der Waals surface area contributed by atoms with Crippen molar-refractivity contribution in [2.45, 2.75) is 6.54 Å². The molecular weight excluding hydrogens is 383 g/mol. The third kappa shape index (κ3) is 3.65. The van der Waals surface area contributed by atoms with E-state index in [-0.39, 0.29) is 28.0 Å². The van der Waals surface area contributed by atoms with E-state index in [9.17, 15) is 10.1 Å². The molecule has 2 aromatic rings. The van der Waals surface area contributed by atoms with E-state index in [4.69, 9.17) is 33.7 Å². The number of nitrogens with two attached hydrogens (primary N) is 1. The molecule has 0 radical (unpaired) electrons. The number of nitro groups is 1. The maximum Gasteiger partial charge on any atom is 0.272 e. The van der Waals surface area contributed by atoms with Crippen molar-refractivity contribution >= 4 is 44.8 Å². The molecule has 5 nitrogen and oxygen atoms in total. The first-order valence-electron chi connectivity index (χ1n) is 5.72. The molecule has 0 aliphatic rings. The van der Waals surface area contributed by atoms with Crippen LogP contribution in [0.1, 0.15) is 5.56 Å². The summed E-state index contributed by atoms with van der Waals surface area (Å²) in [6.07, 6.45) is 0. The van der Waals surface area contributed by atoms with Gasteiger partial charge in [0.05, 0.1) is 15.0 Å². The molecule has 21 heavy (non-hydrogen) atoms. The van der Waals surface area contributed by atoms with Crippen molar-refractivity contribution < 1.29 is 9.66 Å². The molecule has 2 N–H and O–H groups in total. The lowest BCUT2D eigenvalue weighted by atomic mass is 10.2. The van der Waals surface area contributed by atoms with Crippen LogP contribution in [0.5, 0.6) is 11.5 Å². The van der Waals surface area contributed by atoms with Crippen molar-refractivity contribution in [2.75, 3.05) is 0 Å². The van der Waals surface area contributed by atoms with Crippen LogP contribution < -0.4 is 10.5 Å². The van der Waals surface area contributed by atoms with Crippen molar-refractivity contribution in [2.24, 2.45) is 5.73 Å². The molecule has 2 aromatic carbocycles. The minimum Gasteiger partial charge on any atom is -0.454 e. The number of nitrogens with zero attached hydrogens (tertiary/aromatic N) is 1. The van der Waals surface area contributed by atoms with Gasteiger partial charge in [-0.3, -0.25) is 10.1 Å². The van der Waals surface area contributed by atoms with E-state index in [2.05, 4.69) is 15.9 Å². The Labute approximate surface area is 138 Å². The zero-order valence-electron chi connectivity index (χ0n) is 10.5. The predicted octanol–water partition coefficient (Wildman–Crippen LogP) is 4.92. The summed E-state index contributed by atoms with van der Waals surface area (Å²) in [5.41, 5.74) is 6.19. The van der Waals surface area contributed by atoms with Gasteiger partial charge in [-0.1, -0.05) is 45.2 Å². The highest BCUT2D eigenvalue weighted by Gasteiger charge is 2.17. The highest BCUT2D eigenvalue weighted by atomic mass is 79.9. The Balaban J connectivity index is 2.45. The van der Waals surface area contributed by atoms with Gasteiger partial charge in [0, 0.05) is 28.7 Å². The van der Waals surface area contributed by atoms with Crippen LogP contribution in [0.2, 0.25) is 10.0 Å². The molecule has 110 valence electrons. The van der Waals surface area contributed by atoms with Gasteiger partial charge in [0.1, 0.15) is 5.75 Å². The van der Waals surface area contributed by atoms with E-state index >= 15 is 0 Å². The van der Waals surface area contributed by atoms with Crippen LogP contribution in [0.4, 0.5) is 5.69 Å². The second-order valence-corrected chi connectivity index (χ2v) is 5.78. The van der Waals surface area contributed by atoms with Crippen LogP contribution in [0.3, 0.4) is 0 Å². The van der Waals surface area contributed by atoms with E-state index < -0.39 is 4.92 Å². The zero-order valence-corrected chi connectivity index (χ0v) is 13.6. The van der Waals surface area contributed by atoms with Gasteiger partial charge in [-0.15, -0.1) is 0 Å². The molecule has 0 fully saturated rings. The molecule has 0 heterocycles. The summed E-state index contributed by atoms with van der Waals surface area (Å²) in [6.45, 7) is 0.269. The Kier molecular flexibility index (Phi) is 5.05. The van der Waals surface area contributed by atoms with Crippen molar-refractivity contribution in [1.82, 2.24) is 0 Å². The minimum absolute atomic E-state index is 0.0529. The summed E-state index contributed by atoms with van der Waals surface area (Å²) in [7, 11) is 0. The smallest absolute Gasteiger partial charge is 0.272 e. The summed E-state index contributed by atoms with van der Waals surface area (Å²) in [4.78, 5) is 10.2. The van der Waals surface area contributed by atoms with Gasteiger partial charge in [-0.2, -0.15) is 0 Å². The van der Waals surface area contributed by atoms with E-state index in [1.54, 1.807) is 12.1 Å². The number of rotatable bonds is 4. The van der Waals surface area contributed by atoms with Crippen LogP contribution in [-0.4, -0.2) is 4.92 Å². The number of halogens is 3. The normalized spacial score (nSPS) is 10.5. The highest BCUT2D eigenvalue weighted by molar-refractivity contribution is 9.10. The summed E-state index contributed by atoms with van der Waals surface area (Å²) >= 11 is 15.3. The van der Waals surface area contributed by atoms with E-state index in [1.165, 1.54) is 12.1 Å². The number of non-ortho nitro benzene ring substituents is 1. The van der Waals surface area contributed by atoms with Crippen LogP contribution in [0.25, 0.3) is 0 Å². The Morgan fingerprint density at radius 2 is 1.86 bits per heavy atom. The lowest BCUT2D eigenvalue weighted by Gasteiger charge is -2.13. The summed E-state index contributed by atoms with van der Waals surface area (Å²) in [5.74, 6) is 0.626. The average Bonchev–Trinajstić information content (AvgIpc) is 2.42. The number of hydrogen-bond donors (Lipinski definition) is 1. The highest BCUT2D eigenvalue weighted by Crippen LogP contribution is 2.40. The standard InChI is InChI=1S/C13H9BrCl2N2O3/c14-8-2-1-7(6-17)12(3-8)21-13-10(15)4-9(18(19)20)5-11(13)16/h1-5H,6,17H2. The number of nitro benzene ring substituents is 1. The van der Waals surface area contributed by atoms with Crippen molar-refractivity contribution in [3.8, 4) is 11.5 Å². The predicted molar refractivity (Wildman–Crippen MR) is 85.2 cm³/mol. The Morgan fingerprint density at radius 3 is 2.38 bits per heavy atom. The largest absolute Gasteiger partial charge is 0.454 e. The molecule has 0 spiro atoms. The van der Waals surface area contributed by atoms with Gasteiger partial charge in [0.25, 0.3) is 5.69 Å². The third-order valence-electron chi connectivity index (χ3n) is 2.66. The fraction of sp³-hybridized carbons (Fsp3) is 0.0769. The lowest BCUT2D eigenvalue weighted by molar-refractivity contribution is -0.384. The molecule has 0 unspecified atom stereocenters. The van der Waals surface area contributed by atoms with Crippen LogP contribution in [0, 0.1) is 10.1 Å². The average molecular weight is 392 g/mol. The third-order valence-corrected chi connectivity index (χ3v) is 3.71. The van der Waals surface area contributed by atoms with Gasteiger partial charge in [0.2, 0.25) is 0 Å². The maximum absolute atomic E-state index is 10.7. The van der Waals surface area contributed by atoms with Gasteiger partial charge in [0.15, 0.2) is 5.75 Å². The first-order chi connectivity index (χ1) is 9.92. The van der Waals surface area contributed by atoms with Crippen LogP contribution in [0.15, 0.2) is 34.8 Å². The molecular formula is C13H9BrCl2N2O3. The molecule has 0 aromatic heterocycles. The first-order valence-corrected chi connectivity index (χ1v) is 7.27. The number of ether oxygens (including phenoxy) is 1. The molecule has 0 saturated carbocycles. The van der Waals surface area contributed by atoms with Crippen molar-refractivity contribution in [1.29, 1.82) is 0 Å². The molecule has 2 rings (SSSR count). The SMILES string of the molecule is NCc1ccc(Br)cc1Oc1c(Cl)cc([N+](=O)[O-])cc1Cl. The molecule has 0 aliphatic carbocycles. The summed E-state index contributed by atoms with van der Waals surface area (Å²) in [5, 5.41) is 10.9. The Bertz CT molecular complexity index is 687. The quantitative estimate of drug-likeness (QED) is 0.592. The van der Waals surface area contributed by atoms with E-state index in [0.29, 0.717) is 5.75 Å². The van der Waals surface area contributed by atoms with Crippen molar-refractivity contribution in [3.05, 3.63) is 60.5 Å². The summed E-state index contributed by atoms with van der Waals surface area (Å²) < 4.78 is 6.48. The number of benzene rings is 2. The van der Waals surface area contributed by atoms with Crippen molar-refractivity contribution in [3.63, 3.8) is 0 Å². The fourth-order valence-electron chi connectivity index (χ4n) is 1.65. The van der Waals surface area contributed by atoms with Gasteiger partial charge < -0.3 is 10.5 Å². The molecule has 0 aliphatic heterocycles. The summed E-state index contributed by atoms with van der Waals surface area (Å²) in [6, 6.07) is 7.71. The van der Waals surface area contributed by atoms with Gasteiger partial charge in [-0.05, 0) is 12.1 Å². The zero-order chi connectivity index (χ0) is 15.6. The Hall–Kier alpha value is -1.34. The second kappa shape index (κ2) is 6.62. The molecule has 0 bridgehead atoms. The van der Waals surface area contributed by atoms with Crippen LogP contribution in [-0.2, 0) is 6.54 Å². The van der Waals surface area contributed by atoms with E-state index in [1.807, 2.05) is 6.07 Å². The first kappa shape index (κ1) is 16.0. The molecule has 0 atom stereocenters. The maximum atomic E-state index is 10.7. The molecule has 0 saturated heterocycles. The minimum atomic E-state index is -0.577. The molecule has 0 amide bonds. The monoisotopic (exact) mass is 390 g/mol. The second-order valence-electron chi connectivity index (χ2n) is 4.05. The fourth-order valence-corrected chi connectivity index (χ4v) is 2.54. The van der Waals surface area contributed by atoms with Crippen LogP contribution >= 0.6 is 39.1 Å². The topological polar surface area (TPSA) is 78.4 Å². The van der Waals surface area contributed by atoms with Gasteiger partial charge >= 0.3 is 0 Å². The number of hydrogen-bond acceptors (Lipinski definition) is 4. The van der Waals surface area contributed by atoms with Gasteiger partial charge in [-0.25, -0.2) is 0 Å². The Morgan fingerprint density at radius 1 is 1.24 bits per heavy atom.